The van der Waals surface area contributed by atoms with Crippen molar-refractivity contribution in [1.82, 2.24) is 9.78 Å². The number of primary amides is 1. The first-order valence-electron chi connectivity index (χ1n) is 6.92. The van der Waals surface area contributed by atoms with E-state index in [1.54, 1.807) is 10.8 Å². The van der Waals surface area contributed by atoms with Crippen LogP contribution in [0, 0.1) is 0 Å². The van der Waals surface area contributed by atoms with Gasteiger partial charge >= 0.3 is 0 Å². The highest BCUT2D eigenvalue weighted by Gasteiger charge is 2.10. The van der Waals surface area contributed by atoms with Crippen LogP contribution in [-0.2, 0) is 4.79 Å². The van der Waals surface area contributed by atoms with Gasteiger partial charge in [-0.25, -0.2) is 4.68 Å². The molecule has 0 fully saturated rings. The van der Waals surface area contributed by atoms with Crippen LogP contribution in [0.15, 0.2) is 72.9 Å². The zero-order valence-corrected chi connectivity index (χ0v) is 11.9. The van der Waals surface area contributed by atoms with Crippen molar-refractivity contribution < 1.29 is 4.79 Å². The largest absolute Gasteiger partial charge is 0.366 e. The van der Waals surface area contributed by atoms with Crippen molar-refractivity contribution >= 4 is 12.0 Å². The normalized spacial score (nSPS) is 10.9. The van der Waals surface area contributed by atoms with Crippen LogP contribution in [0.2, 0.25) is 0 Å². The molecule has 1 heterocycles. The number of carbonyl (C=O) groups excluding carboxylic acids is 1. The van der Waals surface area contributed by atoms with Crippen molar-refractivity contribution in [3.8, 4) is 16.9 Å². The zero-order valence-electron chi connectivity index (χ0n) is 11.9. The van der Waals surface area contributed by atoms with Gasteiger partial charge in [0.1, 0.15) is 0 Å². The second kappa shape index (κ2) is 6.10. The highest BCUT2D eigenvalue weighted by atomic mass is 16.1. The van der Waals surface area contributed by atoms with Crippen molar-refractivity contribution in [2.75, 3.05) is 0 Å². The van der Waals surface area contributed by atoms with E-state index in [9.17, 15) is 4.79 Å². The number of amides is 1. The number of para-hydroxylation sites is 1. The van der Waals surface area contributed by atoms with Crippen LogP contribution in [-0.4, -0.2) is 15.7 Å². The summed E-state index contributed by atoms with van der Waals surface area (Å²) in [5, 5.41) is 4.64. The molecular weight excluding hydrogens is 274 g/mol. The number of benzene rings is 2. The molecule has 1 aromatic heterocycles. The van der Waals surface area contributed by atoms with Crippen molar-refractivity contribution in [2.24, 2.45) is 5.73 Å². The maximum absolute atomic E-state index is 11.0. The Morgan fingerprint density at radius 1 is 1.00 bits per heavy atom. The first kappa shape index (κ1) is 13.8. The van der Waals surface area contributed by atoms with Gasteiger partial charge in [0.05, 0.1) is 11.4 Å². The van der Waals surface area contributed by atoms with Crippen LogP contribution in [0.4, 0.5) is 0 Å². The van der Waals surface area contributed by atoms with Gasteiger partial charge in [0.2, 0.25) is 5.91 Å². The Bertz CT molecular complexity index is 805. The fraction of sp³-hybridized carbons (Fsp3) is 0. The van der Waals surface area contributed by atoms with E-state index in [0.717, 1.165) is 22.5 Å². The fourth-order valence-corrected chi connectivity index (χ4v) is 2.21. The quantitative estimate of drug-likeness (QED) is 0.750. The molecule has 2 N–H and O–H groups in total. The summed E-state index contributed by atoms with van der Waals surface area (Å²) in [4.78, 5) is 11.0. The van der Waals surface area contributed by atoms with E-state index in [0.29, 0.717) is 0 Å². The summed E-state index contributed by atoms with van der Waals surface area (Å²) in [6.07, 6.45) is 4.92. The lowest BCUT2D eigenvalue weighted by Gasteiger charge is -2.00. The molecule has 0 aliphatic heterocycles. The van der Waals surface area contributed by atoms with Gasteiger partial charge in [-0.05, 0) is 18.2 Å². The molecule has 0 saturated heterocycles. The highest BCUT2D eigenvalue weighted by molar-refractivity contribution is 5.91. The molecule has 3 rings (SSSR count). The summed E-state index contributed by atoms with van der Waals surface area (Å²) in [5.41, 5.74) is 8.79. The Labute approximate surface area is 128 Å². The number of nitrogens with two attached hydrogens (primary N) is 1. The van der Waals surface area contributed by atoms with E-state index in [1.165, 1.54) is 6.08 Å². The first-order chi connectivity index (χ1) is 10.7. The average Bonchev–Trinajstić information content (AvgIpc) is 2.99. The van der Waals surface area contributed by atoms with Crippen LogP contribution in [0.5, 0.6) is 0 Å². The predicted octanol–water partition coefficient (Wildman–Crippen LogP) is 3.04. The van der Waals surface area contributed by atoms with Gasteiger partial charge in [-0.1, -0.05) is 48.5 Å². The first-order valence-corrected chi connectivity index (χ1v) is 6.92. The molecule has 2 aromatic carbocycles. The minimum atomic E-state index is -0.480. The lowest BCUT2D eigenvalue weighted by atomic mass is 10.1. The van der Waals surface area contributed by atoms with Crippen molar-refractivity contribution in [3.05, 3.63) is 78.5 Å². The number of aromatic nitrogens is 2. The highest BCUT2D eigenvalue weighted by Crippen LogP contribution is 2.24. The third-order valence-electron chi connectivity index (χ3n) is 3.24. The van der Waals surface area contributed by atoms with Gasteiger partial charge in [-0.2, -0.15) is 5.10 Å². The van der Waals surface area contributed by atoms with E-state index in [2.05, 4.69) is 5.10 Å². The number of rotatable bonds is 4. The molecule has 3 aromatic rings. The van der Waals surface area contributed by atoms with Crippen molar-refractivity contribution in [3.63, 3.8) is 0 Å². The zero-order chi connectivity index (χ0) is 15.4. The van der Waals surface area contributed by atoms with Crippen LogP contribution < -0.4 is 5.73 Å². The minimum Gasteiger partial charge on any atom is -0.366 e. The topological polar surface area (TPSA) is 60.9 Å². The standard InChI is InChI=1S/C18H15N3O/c19-17(22)12-11-15-13-21(16-9-5-2-6-10-16)20-18(15)14-7-3-1-4-8-14/h1-13H,(H2,19,22)/b12-11-. The summed E-state index contributed by atoms with van der Waals surface area (Å²) < 4.78 is 1.79. The number of hydrogen-bond acceptors (Lipinski definition) is 2. The second-order valence-corrected chi connectivity index (χ2v) is 4.81. The molecule has 0 bridgehead atoms. The van der Waals surface area contributed by atoms with Crippen molar-refractivity contribution in [1.29, 1.82) is 0 Å². The Morgan fingerprint density at radius 3 is 2.27 bits per heavy atom. The van der Waals surface area contributed by atoms with E-state index >= 15 is 0 Å². The van der Waals surface area contributed by atoms with Crippen LogP contribution >= 0.6 is 0 Å². The number of hydrogen-bond donors (Lipinski definition) is 1. The van der Waals surface area contributed by atoms with Gasteiger partial charge in [-0.3, -0.25) is 4.79 Å². The third kappa shape index (κ3) is 2.96. The third-order valence-corrected chi connectivity index (χ3v) is 3.24. The molecule has 0 aliphatic rings. The molecular formula is C18H15N3O. The maximum Gasteiger partial charge on any atom is 0.241 e. The van der Waals surface area contributed by atoms with Gasteiger partial charge in [-0.15, -0.1) is 0 Å². The molecule has 4 nitrogen and oxygen atoms in total. The van der Waals surface area contributed by atoms with E-state index in [-0.39, 0.29) is 0 Å². The summed E-state index contributed by atoms with van der Waals surface area (Å²) in [6.45, 7) is 0. The molecule has 0 saturated carbocycles. The average molecular weight is 289 g/mol. The van der Waals surface area contributed by atoms with Gasteiger partial charge in [0.15, 0.2) is 0 Å². The summed E-state index contributed by atoms with van der Waals surface area (Å²) >= 11 is 0. The van der Waals surface area contributed by atoms with E-state index < -0.39 is 5.91 Å². The molecule has 0 spiro atoms. The number of carbonyl (C=O) groups is 1. The van der Waals surface area contributed by atoms with Gasteiger partial charge in [0, 0.05) is 23.4 Å². The molecule has 108 valence electrons. The van der Waals surface area contributed by atoms with Crippen LogP contribution in [0.3, 0.4) is 0 Å². The Kier molecular flexibility index (Phi) is 3.83. The summed E-state index contributed by atoms with van der Waals surface area (Å²) in [7, 11) is 0. The Hall–Kier alpha value is -3.14. The van der Waals surface area contributed by atoms with Gasteiger partial charge in [0.25, 0.3) is 0 Å². The molecule has 0 unspecified atom stereocenters. The molecule has 0 aliphatic carbocycles. The summed E-state index contributed by atoms with van der Waals surface area (Å²) in [5.74, 6) is -0.480. The Balaban J connectivity index is 2.11. The second-order valence-electron chi connectivity index (χ2n) is 4.81. The molecule has 4 heteroatoms. The fourth-order valence-electron chi connectivity index (χ4n) is 2.21. The van der Waals surface area contributed by atoms with Crippen LogP contribution in [0.1, 0.15) is 5.56 Å². The van der Waals surface area contributed by atoms with E-state index in [4.69, 9.17) is 5.73 Å². The predicted molar refractivity (Wildman–Crippen MR) is 87.2 cm³/mol. The minimum absolute atomic E-state index is 0.480. The maximum atomic E-state index is 11.0. The van der Waals surface area contributed by atoms with Gasteiger partial charge < -0.3 is 5.73 Å². The number of nitrogens with zero attached hydrogens (tertiary/aromatic N) is 2. The Morgan fingerprint density at radius 2 is 1.64 bits per heavy atom. The molecule has 1 amide bonds. The molecule has 22 heavy (non-hydrogen) atoms. The molecule has 0 radical (unpaired) electrons. The smallest absolute Gasteiger partial charge is 0.241 e. The summed E-state index contributed by atoms with van der Waals surface area (Å²) in [6, 6.07) is 19.7. The monoisotopic (exact) mass is 289 g/mol. The van der Waals surface area contributed by atoms with Crippen LogP contribution in [0.25, 0.3) is 23.0 Å². The van der Waals surface area contributed by atoms with Crippen molar-refractivity contribution in [2.45, 2.75) is 0 Å². The molecule has 0 atom stereocenters. The lowest BCUT2D eigenvalue weighted by Crippen LogP contribution is -2.05. The van der Waals surface area contributed by atoms with E-state index in [1.807, 2.05) is 66.9 Å². The lowest BCUT2D eigenvalue weighted by molar-refractivity contribution is -0.113. The SMILES string of the molecule is NC(=O)/C=C\c1cn(-c2ccccc2)nc1-c1ccccc1.